The van der Waals surface area contributed by atoms with Gasteiger partial charge < -0.3 is 0 Å². The van der Waals surface area contributed by atoms with Crippen LogP contribution in [0.2, 0.25) is 0 Å². The fourth-order valence-corrected chi connectivity index (χ4v) is 3.63. The number of benzene rings is 1. The number of rotatable bonds is 6. The third-order valence-electron chi connectivity index (χ3n) is 3.74. The van der Waals surface area contributed by atoms with Crippen LogP contribution in [0.3, 0.4) is 0 Å². The van der Waals surface area contributed by atoms with E-state index in [1.165, 1.54) is 4.31 Å². The minimum atomic E-state index is -3.23. The van der Waals surface area contributed by atoms with Crippen molar-refractivity contribution in [1.82, 2.24) is 4.31 Å². The Bertz CT molecular complexity index is 544. The molecule has 2 rings (SSSR count). The molecule has 2 unspecified atom stereocenters. The van der Waals surface area contributed by atoms with Gasteiger partial charge in [-0.05, 0) is 29.4 Å². The van der Waals surface area contributed by atoms with Crippen LogP contribution in [0.5, 0.6) is 0 Å². The van der Waals surface area contributed by atoms with E-state index in [0.29, 0.717) is 24.3 Å². The Morgan fingerprint density at radius 3 is 2.58 bits per heavy atom. The van der Waals surface area contributed by atoms with Crippen LogP contribution in [-0.4, -0.2) is 26.3 Å². The van der Waals surface area contributed by atoms with Gasteiger partial charge in [0.25, 0.3) is 0 Å². The molecule has 19 heavy (non-hydrogen) atoms. The summed E-state index contributed by atoms with van der Waals surface area (Å²) in [6.45, 7) is 2.80. The number of hydrogen-bond acceptors (Lipinski definition) is 2. The average Bonchev–Trinajstić information content (AvgIpc) is 3.04. The second-order valence-electron chi connectivity index (χ2n) is 5.46. The summed E-state index contributed by atoms with van der Waals surface area (Å²) in [6.07, 6.45) is 1.14. The van der Waals surface area contributed by atoms with Gasteiger partial charge in [-0.15, -0.1) is 11.6 Å². The Hall–Kier alpha value is -0.580. The van der Waals surface area contributed by atoms with Crippen molar-refractivity contribution in [2.45, 2.75) is 25.0 Å². The van der Waals surface area contributed by atoms with E-state index in [2.05, 4.69) is 6.92 Å². The molecule has 1 aromatic carbocycles. The highest BCUT2D eigenvalue weighted by Crippen LogP contribution is 2.38. The molecule has 0 aromatic heterocycles. The lowest BCUT2D eigenvalue weighted by atomic mass is 10.2. The van der Waals surface area contributed by atoms with Crippen LogP contribution >= 0.6 is 11.6 Å². The Balaban J connectivity index is 2.02. The normalized spacial score (nSPS) is 22.7. The SMILES string of the molecule is CC1CC1CN(C)S(=O)(=O)Cc1cccc(CCl)c1. The van der Waals surface area contributed by atoms with E-state index in [0.717, 1.165) is 17.5 Å². The van der Waals surface area contributed by atoms with Crippen LogP contribution in [0.1, 0.15) is 24.5 Å². The molecule has 1 aliphatic rings. The molecule has 0 spiro atoms. The first kappa shape index (κ1) is 14.8. The van der Waals surface area contributed by atoms with Crippen LogP contribution in [0.15, 0.2) is 24.3 Å². The molecule has 0 bridgehead atoms. The molecular formula is C14H20ClNO2S. The lowest BCUT2D eigenvalue weighted by molar-refractivity contribution is 0.444. The van der Waals surface area contributed by atoms with Crippen molar-refractivity contribution in [3.8, 4) is 0 Å². The molecule has 1 saturated carbocycles. The molecule has 1 aromatic rings. The fourth-order valence-electron chi connectivity index (χ4n) is 2.22. The summed E-state index contributed by atoms with van der Waals surface area (Å²) in [5.41, 5.74) is 1.75. The Kier molecular flexibility index (Phi) is 4.54. The second kappa shape index (κ2) is 5.81. The summed E-state index contributed by atoms with van der Waals surface area (Å²) in [7, 11) is -1.55. The third kappa shape index (κ3) is 3.94. The average molecular weight is 302 g/mol. The van der Waals surface area contributed by atoms with Gasteiger partial charge in [0.2, 0.25) is 10.0 Å². The first-order chi connectivity index (χ1) is 8.92. The molecule has 0 N–H and O–H groups in total. The number of sulfonamides is 1. The van der Waals surface area contributed by atoms with Gasteiger partial charge in [-0.1, -0.05) is 31.2 Å². The van der Waals surface area contributed by atoms with Gasteiger partial charge in [0.05, 0.1) is 5.75 Å². The zero-order chi connectivity index (χ0) is 14.0. The lowest BCUT2D eigenvalue weighted by Gasteiger charge is -2.17. The quantitative estimate of drug-likeness (QED) is 0.758. The zero-order valence-electron chi connectivity index (χ0n) is 11.3. The van der Waals surface area contributed by atoms with E-state index in [4.69, 9.17) is 11.6 Å². The summed E-state index contributed by atoms with van der Waals surface area (Å²) in [5.74, 6) is 1.66. The predicted molar refractivity (Wildman–Crippen MR) is 78.5 cm³/mol. The first-order valence-electron chi connectivity index (χ1n) is 6.50. The highest BCUT2D eigenvalue weighted by atomic mass is 35.5. The van der Waals surface area contributed by atoms with Crippen LogP contribution < -0.4 is 0 Å². The predicted octanol–water partition coefficient (Wildman–Crippen LogP) is 2.84. The van der Waals surface area contributed by atoms with Crippen molar-refractivity contribution in [3.63, 3.8) is 0 Å². The standard InChI is InChI=1S/C14H20ClNO2S/c1-11-6-14(11)9-16(2)19(17,18)10-13-5-3-4-12(7-13)8-15/h3-5,7,11,14H,6,8-10H2,1-2H3. The number of nitrogens with zero attached hydrogens (tertiary/aromatic N) is 1. The van der Waals surface area contributed by atoms with Crippen LogP contribution in [0.25, 0.3) is 0 Å². The van der Waals surface area contributed by atoms with Gasteiger partial charge in [-0.3, -0.25) is 0 Å². The highest BCUT2D eigenvalue weighted by Gasteiger charge is 2.35. The molecule has 0 saturated heterocycles. The Morgan fingerprint density at radius 1 is 1.37 bits per heavy atom. The Labute approximate surface area is 120 Å². The van der Waals surface area contributed by atoms with E-state index in [1.807, 2.05) is 24.3 Å². The largest absolute Gasteiger partial charge is 0.218 e. The van der Waals surface area contributed by atoms with Gasteiger partial charge in [-0.2, -0.15) is 0 Å². The lowest BCUT2D eigenvalue weighted by Crippen LogP contribution is -2.30. The van der Waals surface area contributed by atoms with Gasteiger partial charge in [-0.25, -0.2) is 12.7 Å². The molecule has 106 valence electrons. The van der Waals surface area contributed by atoms with Gasteiger partial charge in [0.1, 0.15) is 0 Å². The smallest absolute Gasteiger partial charge is 0.212 e. The second-order valence-corrected chi connectivity index (χ2v) is 7.81. The van der Waals surface area contributed by atoms with E-state index in [9.17, 15) is 8.42 Å². The summed E-state index contributed by atoms with van der Waals surface area (Å²) < 4.78 is 26.0. The molecule has 0 amide bonds. The van der Waals surface area contributed by atoms with Crippen molar-refractivity contribution >= 4 is 21.6 Å². The molecule has 3 nitrogen and oxygen atoms in total. The van der Waals surface area contributed by atoms with E-state index in [-0.39, 0.29) is 5.75 Å². The zero-order valence-corrected chi connectivity index (χ0v) is 12.9. The van der Waals surface area contributed by atoms with Gasteiger partial charge in [0.15, 0.2) is 0 Å². The highest BCUT2D eigenvalue weighted by molar-refractivity contribution is 7.88. The number of hydrogen-bond donors (Lipinski definition) is 0. The van der Waals surface area contributed by atoms with Crippen LogP contribution in [-0.2, 0) is 21.7 Å². The first-order valence-corrected chi connectivity index (χ1v) is 8.64. The molecule has 0 aliphatic heterocycles. The molecule has 0 radical (unpaired) electrons. The van der Waals surface area contributed by atoms with E-state index < -0.39 is 10.0 Å². The van der Waals surface area contributed by atoms with Crippen LogP contribution in [0.4, 0.5) is 0 Å². The van der Waals surface area contributed by atoms with E-state index in [1.54, 1.807) is 7.05 Å². The van der Waals surface area contributed by atoms with Crippen molar-refractivity contribution in [2.24, 2.45) is 11.8 Å². The summed E-state index contributed by atoms with van der Waals surface area (Å²) in [6, 6.07) is 7.45. The molecule has 1 aliphatic carbocycles. The van der Waals surface area contributed by atoms with Crippen molar-refractivity contribution in [1.29, 1.82) is 0 Å². The van der Waals surface area contributed by atoms with Gasteiger partial charge in [0, 0.05) is 19.5 Å². The topological polar surface area (TPSA) is 37.4 Å². The minimum Gasteiger partial charge on any atom is -0.212 e. The molecule has 5 heteroatoms. The van der Waals surface area contributed by atoms with Gasteiger partial charge >= 0.3 is 0 Å². The third-order valence-corrected chi connectivity index (χ3v) is 5.84. The van der Waals surface area contributed by atoms with E-state index >= 15 is 0 Å². The molecular weight excluding hydrogens is 282 g/mol. The number of alkyl halides is 1. The maximum atomic E-state index is 12.3. The number of halogens is 1. The summed E-state index contributed by atoms with van der Waals surface area (Å²) in [5, 5.41) is 0. The molecule has 2 atom stereocenters. The Morgan fingerprint density at radius 2 is 2.00 bits per heavy atom. The summed E-state index contributed by atoms with van der Waals surface area (Å²) >= 11 is 5.77. The monoisotopic (exact) mass is 301 g/mol. The minimum absolute atomic E-state index is 0.0509. The maximum absolute atomic E-state index is 12.3. The summed E-state index contributed by atoms with van der Waals surface area (Å²) in [4.78, 5) is 0. The molecule has 1 fully saturated rings. The maximum Gasteiger partial charge on any atom is 0.218 e. The fraction of sp³-hybridized carbons (Fsp3) is 0.571. The van der Waals surface area contributed by atoms with Crippen molar-refractivity contribution in [3.05, 3.63) is 35.4 Å². The molecule has 0 heterocycles. The van der Waals surface area contributed by atoms with Crippen molar-refractivity contribution < 1.29 is 8.42 Å². The van der Waals surface area contributed by atoms with Crippen molar-refractivity contribution in [2.75, 3.05) is 13.6 Å². The van der Waals surface area contributed by atoms with Crippen LogP contribution in [0, 0.1) is 11.8 Å².